The molecule has 0 aliphatic carbocycles. The minimum absolute atomic E-state index is 0.0303. The summed E-state index contributed by atoms with van der Waals surface area (Å²) in [4.78, 5) is 24.7. The minimum atomic E-state index is -0.274. The van der Waals surface area contributed by atoms with Gasteiger partial charge in [0, 0.05) is 50.2 Å². The van der Waals surface area contributed by atoms with Gasteiger partial charge in [-0.25, -0.2) is 9.37 Å². The quantitative estimate of drug-likeness (QED) is 0.893. The number of carbonyl (C=O) groups is 1. The summed E-state index contributed by atoms with van der Waals surface area (Å²) in [6, 6.07) is 6.47. The number of rotatable bonds is 2. The second kappa shape index (κ2) is 6.23. The first-order valence-corrected chi connectivity index (χ1v) is 8.81. The van der Waals surface area contributed by atoms with Gasteiger partial charge in [-0.05, 0) is 24.6 Å². The van der Waals surface area contributed by atoms with E-state index in [1.165, 1.54) is 6.07 Å². The number of aryl methyl sites for hydroxylation is 1. The zero-order valence-corrected chi connectivity index (χ0v) is 14.9. The van der Waals surface area contributed by atoms with Gasteiger partial charge in [0.15, 0.2) is 0 Å². The van der Waals surface area contributed by atoms with Gasteiger partial charge < -0.3 is 15.5 Å². The summed E-state index contributed by atoms with van der Waals surface area (Å²) in [6.07, 6.45) is 1.73. The molecule has 0 bridgehead atoms. The van der Waals surface area contributed by atoms with Crippen molar-refractivity contribution < 1.29 is 9.18 Å². The van der Waals surface area contributed by atoms with Gasteiger partial charge in [0.2, 0.25) is 11.9 Å². The Balaban J connectivity index is 1.66. The fraction of sp³-hybridized carbons (Fsp3) is 0.421. The summed E-state index contributed by atoms with van der Waals surface area (Å²) in [5, 5.41) is 0. The van der Waals surface area contributed by atoms with Crippen molar-refractivity contribution in [2.45, 2.75) is 19.9 Å². The number of nitrogen functional groups attached to an aromatic ring is 1. The fourth-order valence-electron chi connectivity index (χ4n) is 4.43. The van der Waals surface area contributed by atoms with Crippen LogP contribution in [-0.4, -0.2) is 40.4 Å². The normalized spacial score (nSPS) is 24.8. The molecule has 3 atom stereocenters. The second-order valence-corrected chi connectivity index (χ2v) is 7.23. The largest absolute Gasteiger partial charge is 0.368 e. The van der Waals surface area contributed by atoms with E-state index in [1.807, 2.05) is 17.9 Å². The van der Waals surface area contributed by atoms with Gasteiger partial charge in [-0.1, -0.05) is 12.1 Å². The molecule has 0 spiro atoms. The molecule has 4 rings (SSSR count). The lowest BCUT2D eigenvalue weighted by molar-refractivity contribution is -0.130. The number of halogens is 1. The average molecular weight is 355 g/mol. The molecule has 26 heavy (non-hydrogen) atoms. The molecule has 1 aromatic heterocycles. The molecule has 1 aromatic carbocycles. The molecule has 2 aromatic rings. The SMILES string of the molecule is CC(=O)N1C[C@H]2CN(c3nc(N)ncc3C)C[C@H]2[C@@H]1c1cccc(F)c1. The predicted octanol–water partition coefficient (Wildman–Crippen LogP) is 2.16. The van der Waals surface area contributed by atoms with E-state index in [-0.39, 0.29) is 29.6 Å². The first-order valence-electron chi connectivity index (χ1n) is 8.81. The number of anilines is 2. The molecule has 2 N–H and O–H groups in total. The van der Waals surface area contributed by atoms with E-state index < -0.39 is 0 Å². The van der Waals surface area contributed by atoms with Crippen LogP contribution in [0.2, 0.25) is 0 Å². The van der Waals surface area contributed by atoms with Crippen LogP contribution in [0.25, 0.3) is 0 Å². The number of amides is 1. The van der Waals surface area contributed by atoms with Gasteiger partial charge in [-0.3, -0.25) is 4.79 Å². The fourth-order valence-corrected chi connectivity index (χ4v) is 4.43. The molecule has 7 heteroatoms. The van der Waals surface area contributed by atoms with E-state index >= 15 is 0 Å². The predicted molar refractivity (Wildman–Crippen MR) is 96.9 cm³/mol. The summed E-state index contributed by atoms with van der Waals surface area (Å²) in [7, 11) is 0. The van der Waals surface area contributed by atoms with Gasteiger partial charge in [0.05, 0.1) is 6.04 Å². The van der Waals surface area contributed by atoms with Gasteiger partial charge in [0.25, 0.3) is 0 Å². The van der Waals surface area contributed by atoms with Gasteiger partial charge in [0.1, 0.15) is 11.6 Å². The lowest BCUT2D eigenvalue weighted by atomic mass is 9.89. The Labute approximate surface area is 151 Å². The van der Waals surface area contributed by atoms with Crippen LogP contribution < -0.4 is 10.6 Å². The summed E-state index contributed by atoms with van der Waals surface area (Å²) in [5.41, 5.74) is 7.60. The van der Waals surface area contributed by atoms with E-state index in [0.29, 0.717) is 12.5 Å². The van der Waals surface area contributed by atoms with Crippen LogP contribution in [0.4, 0.5) is 16.2 Å². The van der Waals surface area contributed by atoms with E-state index in [4.69, 9.17) is 5.73 Å². The highest BCUT2D eigenvalue weighted by atomic mass is 19.1. The Morgan fingerprint density at radius 3 is 2.85 bits per heavy atom. The second-order valence-electron chi connectivity index (χ2n) is 7.23. The Kier molecular flexibility index (Phi) is 4.01. The maximum absolute atomic E-state index is 13.8. The number of hydrogen-bond donors (Lipinski definition) is 1. The monoisotopic (exact) mass is 355 g/mol. The number of likely N-dealkylation sites (tertiary alicyclic amines) is 1. The molecule has 6 nitrogen and oxygen atoms in total. The van der Waals surface area contributed by atoms with Crippen LogP contribution in [0.5, 0.6) is 0 Å². The van der Waals surface area contributed by atoms with Crippen molar-refractivity contribution in [1.82, 2.24) is 14.9 Å². The zero-order chi connectivity index (χ0) is 18.4. The van der Waals surface area contributed by atoms with Crippen LogP contribution in [0, 0.1) is 24.6 Å². The molecule has 0 radical (unpaired) electrons. The van der Waals surface area contributed by atoms with Crippen molar-refractivity contribution >= 4 is 17.7 Å². The highest BCUT2D eigenvalue weighted by Gasteiger charge is 2.49. The summed E-state index contributed by atoms with van der Waals surface area (Å²) in [5.74, 6) is 1.42. The molecule has 1 amide bonds. The number of nitrogens with two attached hydrogens (primary N) is 1. The molecular weight excluding hydrogens is 333 g/mol. The third kappa shape index (κ3) is 2.77. The van der Waals surface area contributed by atoms with Crippen LogP contribution in [0.3, 0.4) is 0 Å². The van der Waals surface area contributed by atoms with E-state index in [2.05, 4.69) is 14.9 Å². The Hall–Kier alpha value is -2.70. The maximum Gasteiger partial charge on any atom is 0.221 e. The third-order valence-electron chi connectivity index (χ3n) is 5.52. The van der Waals surface area contributed by atoms with Crippen molar-refractivity contribution in [3.63, 3.8) is 0 Å². The van der Waals surface area contributed by atoms with Crippen molar-refractivity contribution in [1.29, 1.82) is 0 Å². The van der Waals surface area contributed by atoms with E-state index in [9.17, 15) is 9.18 Å². The molecule has 136 valence electrons. The highest BCUT2D eigenvalue weighted by Crippen LogP contribution is 2.46. The first kappa shape index (κ1) is 16.8. The summed E-state index contributed by atoms with van der Waals surface area (Å²) < 4.78 is 13.8. The van der Waals surface area contributed by atoms with Crippen molar-refractivity contribution in [2.24, 2.45) is 11.8 Å². The number of hydrogen-bond acceptors (Lipinski definition) is 5. The Morgan fingerprint density at radius 2 is 2.12 bits per heavy atom. The molecule has 2 aliphatic heterocycles. The Morgan fingerprint density at radius 1 is 1.31 bits per heavy atom. The highest BCUT2D eigenvalue weighted by molar-refractivity contribution is 5.74. The smallest absolute Gasteiger partial charge is 0.221 e. The lowest BCUT2D eigenvalue weighted by Gasteiger charge is -2.29. The van der Waals surface area contributed by atoms with Crippen LogP contribution in [-0.2, 0) is 4.79 Å². The van der Waals surface area contributed by atoms with Crippen LogP contribution >= 0.6 is 0 Å². The summed E-state index contributed by atoms with van der Waals surface area (Å²) >= 11 is 0. The van der Waals surface area contributed by atoms with Crippen molar-refractivity contribution in [2.75, 3.05) is 30.3 Å². The molecular formula is C19H22FN5O. The van der Waals surface area contributed by atoms with Gasteiger partial charge in [-0.15, -0.1) is 0 Å². The standard InChI is InChI=1S/C19H22FN5O/c1-11-7-22-19(21)23-18(11)24-8-14-9-25(12(2)26)17(16(14)10-24)13-4-3-5-15(20)6-13/h3-7,14,16-17H,8-10H2,1-2H3,(H2,21,22,23)/t14-,16-,17+/m1/s1. The maximum atomic E-state index is 13.8. The zero-order valence-electron chi connectivity index (χ0n) is 14.9. The molecule has 2 aliphatic rings. The summed E-state index contributed by atoms with van der Waals surface area (Å²) in [6.45, 7) is 5.79. The molecule has 2 saturated heterocycles. The van der Waals surface area contributed by atoms with E-state index in [1.54, 1.807) is 25.3 Å². The van der Waals surface area contributed by atoms with Crippen LogP contribution in [0.15, 0.2) is 30.5 Å². The number of fused-ring (bicyclic) bond motifs is 1. The van der Waals surface area contributed by atoms with Crippen LogP contribution in [0.1, 0.15) is 24.1 Å². The first-order chi connectivity index (χ1) is 12.4. The number of nitrogens with zero attached hydrogens (tertiary/aromatic N) is 4. The molecule has 3 heterocycles. The molecule has 0 saturated carbocycles. The number of aromatic nitrogens is 2. The number of benzene rings is 1. The third-order valence-corrected chi connectivity index (χ3v) is 5.52. The minimum Gasteiger partial charge on any atom is -0.368 e. The number of carbonyl (C=O) groups excluding carboxylic acids is 1. The van der Waals surface area contributed by atoms with Crippen molar-refractivity contribution in [3.05, 3.63) is 47.4 Å². The topological polar surface area (TPSA) is 75.4 Å². The van der Waals surface area contributed by atoms with Crippen molar-refractivity contribution in [3.8, 4) is 0 Å². The average Bonchev–Trinajstić information content (AvgIpc) is 3.14. The van der Waals surface area contributed by atoms with Gasteiger partial charge >= 0.3 is 0 Å². The Bertz CT molecular complexity index is 858. The molecule has 2 fully saturated rings. The molecule has 0 unspecified atom stereocenters. The van der Waals surface area contributed by atoms with Gasteiger partial charge in [-0.2, -0.15) is 4.98 Å². The lowest BCUT2D eigenvalue weighted by Crippen LogP contribution is -2.34. The van der Waals surface area contributed by atoms with E-state index in [0.717, 1.165) is 30.0 Å².